The van der Waals surface area contributed by atoms with Gasteiger partial charge in [0.15, 0.2) is 0 Å². The van der Waals surface area contributed by atoms with Crippen molar-refractivity contribution < 1.29 is 13.3 Å². The molecular weight excluding hydrogens is 412 g/mol. The second-order valence-corrected chi connectivity index (χ2v) is 8.88. The van der Waals surface area contributed by atoms with Crippen molar-refractivity contribution in [2.75, 3.05) is 10.1 Å². The van der Waals surface area contributed by atoms with E-state index >= 15 is 0 Å². The summed E-state index contributed by atoms with van der Waals surface area (Å²) in [7, 11) is -4.11. The average molecular weight is 431 g/mol. The maximum atomic E-state index is 13.0. The van der Waals surface area contributed by atoms with Gasteiger partial charge in [0, 0.05) is 17.0 Å². The van der Waals surface area contributed by atoms with Gasteiger partial charge in [0.2, 0.25) is 0 Å². The third-order valence-electron chi connectivity index (χ3n) is 4.01. The first-order chi connectivity index (χ1) is 13.8. The molecule has 0 radical (unpaired) electrons. The molecule has 29 heavy (non-hydrogen) atoms. The molecule has 0 aliphatic carbocycles. The average Bonchev–Trinajstić information content (AvgIpc) is 3.17. The van der Waals surface area contributed by atoms with Crippen LogP contribution in [-0.2, 0) is 10.0 Å². The Morgan fingerprint density at radius 2 is 1.86 bits per heavy atom. The van der Waals surface area contributed by atoms with Crippen LogP contribution in [-0.4, -0.2) is 19.6 Å². The first-order valence-electron chi connectivity index (χ1n) is 8.47. The Kier molecular flexibility index (Phi) is 5.95. The van der Waals surface area contributed by atoms with Gasteiger partial charge < -0.3 is 0 Å². The summed E-state index contributed by atoms with van der Waals surface area (Å²) in [4.78, 5) is 11.1. The van der Waals surface area contributed by atoms with Gasteiger partial charge in [0.1, 0.15) is 4.90 Å². The van der Waals surface area contributed by atoms with E-state index in [1.54, 1.807) is 25.3 Å². The van der Waals surface area contributed by atoms with Crippen LogP contribution in [0, 0.1) is 24.0 Å². The van der Waals surface area contributed by atoms with E-state index in [2.05, 4.69) is 15.2 Å². The number of nitro groups is 1. The molecule has 0 saturated carbocycles. The second-order valence-electron chi connectivity index (χ2n) is 6.25. The van der Waals surface area contributed by atoms with E-state index in [0.29, 0.717) is 5.69 Å². The molecule has 0 bridgehead atoms. The van der Waals surface area contributed by atoms with E-state index in [4.69, 9.17) is 0 Å². The van der Waals surface area contributed by atoms with Crippen molar-refractivity contribution >= 4 is 44.6 Å². The Bertz CT molecular complexity index is 1170. The number of sulfonamides is 1. The minimum absolute atomic E-state index is 0.126. The van der Waals surface area contributed by atoms with Crippen LogP contribution in [0.4, 0.5) is 17.1 Å². The first-order valence-corrected chi connectivity index (χ1v) is 10.8. The number of aryl methyl sites for hydroxylation is 2. The van der Waals surface area contributed by atoms with Crippen LogP contribution in [0.15, 0.2) is 63.9 Å². The molecule has 3 rings (SSSR count). The Morgan fingerprint density at radius 3 is 2.52 bits per heavy atom. The lowest BCUT2D eigenvalue weighted by Crippen LogP contribution is -2.15. The summed E-state index contributed by atoms with van der Waals surface area (Å²) in [5.41, 5.74) is 4.59. The highest BCUT2D eigenvalue weighted by Crippen LogP contribution is 2.29. The number of nitrogens with one attached hydrogen (secondary N) is 2. The molecule has 150 valence electrons. The van der Waals surface area contributed by atoms with E-state index < -0.39 is 14.9 Å². The largest absolute Gasteiger partial charge is 0.279 e. The maximum absolute atomic E-state index is 13.0. The van der Waals surface area contributed by atoms with Gasteiger partial charge in [0.05, 0.1) is 22.5 Å². The summed E-state index contributed by atoms with van der Waals surface area (Å²) < 4.78 is 28.5. The van der Waals surface area contributed by atoms with E-state index in [1.165, 1.54) is 23.5 Å². The molecule has 2 aromatic carbocycles. The smallest absolute Gasteiger partial charge is 0.270 e. The van der Waals surface area contributed by atoms with Gasteiger partial charge in [0.25, 0.3) is 15.7 Å². The highest BCUT2D eigenvalue weighted by Gasteiger charge is 2.23. The summed E-state index contributed by atoms with van der Waals surface area (Å²) in [5, 5.41) is 17.1. The number of non-ortho nitro benzene ring substituents is 1. The lowest BCUT2D eigenvalue weighted by molar-refractivity contribution is -0.385. The Hall–Kier alpha value is -3.24. The van der Waals surface area contributed by atoms with Crippen LogP contribution in [0.5, 0.6) is 0 Å². The minimum Gasteiger partial charge on any atom is -0.279 e. The molecule has 0 aliphatic heterocycles. The zero-order chi connectivity index (χ0) is 21.0. The fourth-order valence-corrected chi connectivity index (χ4v) is 4.49. The predicted molar refractivity (Wildman–Crippen MR) is 115 cm³/mol. The van der Waals surface area contributed by atoms with Gasteiger partial charge in [-0.15, -0.1) is 11.3 Å². The molecule has 0 aliphatic rings. The molecule has 0 amide bonds. The number of nitro benzene ring substituents is 1. The van der Waals surface area contributed by atoms with Crippen LogP contribution >= 0.6 is 11.3 Å². The number of thiophene rings is 1. The van der Waals surface area contributed by atoms with Crippen molar-refractivity contribution in [1.29, 1.82) is 0 Å². The lowest BCUT2D eigenvalue weighted by atomic mass is 10.1. The summed E-state index contributed by atoms with van der Waals surface area (Å²) in [5.74, 6) is 0. The van der Waals surface area contributed by atoms with Gasteiger partial charge in [-0.2, -0.15) is 5.10 Å². The highest BCUT2D eigenvalue weighted by atomic mass is 32.2. The minimum atomic E-state index is -4.11. The lowest BCUT2D eigenvalue weighted by Gasteiger charge is -2.14. The van der Waals surface area contributed by atoms with Crippen molar-refractivity contribution in [3.05, 3.63) is 80.0 Å². The number of hydrazone groups is 1. The monoisotopic (exact) mass is 430 g/mol. The molecular formula is C19H18N4O4S2. The van der Waals surface area contributed by atoms with Crippen molar-refractivity contribution in [1.82, 2.24) is 0 Å². The molecule has 2 N–H and O–H groups in total. The van der Waals surface area contributed by atoms with Gasteiger partial charge in [-0.3, -0.25) is 20.3 Å². The van der Waals surface area contributed by atoms with E-state index in [-0.39, 0.29) is 16.3 Å². The Balaban J connectivity index is 1.97. The summed E-state index contributed by atoms with van der Waals surface area (Å²) >= 11 is 1.47. The molecule has 0 saturated heterocycles. The van der Waals surface area contributed by atoms with Crippen LogP contribution in [0.3, 0.4) is 0 Å². The van der Waals surface area contributed by atoms with E-state index in [9.17, 15) is 18.5 Å². The zero-order valence-corrected chi connectivity index (χ0v) is 17.3. The van der Waals surface area contributed by atoms with Crippen LogP contribution in [0.25, 0.3) is 0 Å². The van der Waals surface area contributed by atoms with Crippen molar-refractivity contribution in [3.63, 3.8) is 0 Å². The molecule has 10 heteroatoms. The van der Waals surface area contributed by atoms with Crippen LogP contribution in [0.2, 0.25) is 0 Å². The summed E-state index contributed by atoms with van der Waals surface area (Å²) in [6, 6.07) is 12.5. The van der Waals surface area contributed by atoms with Crippen LogP contribution < -0.4 is 10.1 Å². The standard InChI is InChI=1S/C19H18N4O4S2/c1-13-5-7-17(14(2)10-13)22-29(26,27)19-11-15(23(24)25)6-8-18(19)21-20-12-16-4-3-9-28-16/h3-12,21-22H,1-2H3/b20-12-. The molecule has 0 unspecified atom stereocenters. The Morgan fingerprint density at radius 1 is 1.10 bits per heavy atom. The summed E-state index contributed by atoms with van der Waals surface area (Å²) in [6.45, 7) is 3.68. The molecule has 0 atom stereocenters. The quantitative estimate of drug-likeness (QED) is 0.325. The second kappa shape index (κ2) is 8.41. The third-order valence-corrected chi connectivity index (χ3v) is 6.22. The molecule has 0 spiro atoms. The number of benzene rings is 2. The maximum Gasteiger partial charge on any atom is 0.270 e. The van der Waals surface area contributed by atoms with Crippen molar-refractivity contribution in [2.24, 2.45) is 5.10 Å². The SMILES string of the molecule is Cc1ccc(NS(=O)(=O)c2cc([N+](=O)[O-])ccc2N/N=C\c2cccs2)c(C)c1. The molecule has 0 fully saturated rings. The predicted octanol–water partition coefficient (Wildman–Crippen LogP) is 4.52. The number of anilines is 2. The van der Waals surface area contributed by atoms with Crippen molar-refractivity contribution in [3.8, 4) is 0 Å². The zero-order valence-electron chi connectivity index (χ0n) is 15.6. The van der Waals surface area contributed by atoms with E-state index in [1.807, 2.05) is 30.5 Å². The molecule has 1 heterocycles. The molecule has 1 aromatic heterocycles. The fourth-order valence-electron chi connectivity index (χ4n) is 2.60. The number of hydrogen-bond donors (Lipinski definition) is 2. The fraction of sp³-hybridized carbons (Fsp3) is 0.105. The third kappa shape index (κ3) is 4.98. The number of hydrogen-bond acceptors (Lipinski definition) is 7. The summed E-state index contributed by atoms with van der Waals surface area (Å²) in [6.07, 6.45) is 1.54. The number of nitrogens with zero attached hydrogens (tertiary/aromatic N) is 2. The van der Waals surface area contributed by atoms with E-state index in [0.717, 1.165) is 22.1 Å². The normalized spacial score (nSPS) is 11.5. The molecule has 3 aromatic rings. The van der Waals surface area contributed by atoms with Gasteiger partial charge in [-0.1, -0.05) is 23.8 Å². The van der Waals surface area contributed by atoms with Gasteiger partial charge in [-0.05, 0) is 43.0 Å². The molecule has 8 nitrogen and oxygen atoms in total. The van der Waals surface area contributed by atoms with Crippen molar-refractivity contribution in [2.45, 2.75) is 18.7 Å². The highest BCUT2D eigenvalue weighted by molar-refractivity contribution is 7.92. The topological polar surface area (TPSA) is 114 Å². The first kappa shape index (κ1) is 20.5. The Labute approximate surface area is 172 Å². The van der Waals surface area contributed by atoms with Gasteiger partial charge >= 0.3 is 0 Å². The van der Waals surface area contributed by atoms with Crippen LogP contribution in [0.1, 0.15) is 16.0 Å². The number of rotatable bonds is 7. The van der Waals surface area contributed by atoms with Gasteiger partial charge in [-0.25, -0.2) is 8.42 Å².